The van der Waals surface area contributed by atoms with E-state index in [-0.39, 0.29) is 26.9 Å². The van der Waals surface area contributed by atoms with Crippen molar-refractivity contribution in [2.45, 2.75) is 31.1 Å². The summed E-state index contributed by atoms with van der Waals surface area (Å²) in [5.74, 6) is -0.718. The van der Waals surface area contributed by atoms with Crippen LogP contribution in [-0.2, 0) is 25.0 Å². The van der Waals surface area contributed by atoms with Crippen LogP contribution in [0.3, 0.4) is 0 Å². The Hall–Kier alpha value is -4.02. The number of aryl methyl sites for hydroxylation is 1. The second kappa shape index (κ2) is 11.5. The van der Waals surface area contributed by atoms with Crippen LogP contribution in [0.25, 0.3) is 0 Å². The highest BCUT2D eigenvalue weighted by atomic mass is 35.5. The summed E-state index contributed by atoms with van der Waals surface area (Å²) in [5, 5.41) is 0.176. The Balaban J connectivity index is 1.51. The van der Waals surface area contributed by atoms with Crippen molar-refractivity contribution in [1.29, 1.82) is 0 Å². The number of rotatable bonds is 9. The van der Waals surface area contributed by atoms with Gasteiger partial charge in [-0.3, -0.25) is 9.52 Å². The van der Waals surface area contributed by atoms with Crippen LogP contribution in [-0.4, -0.2) is 48.0 Å². The third kappa shape index (κ3) is 5.89. The Morgan fingerprint density at radius 1 is 1.02 bits per heavy atom. The molecule has 1 aliphatic heterocycles. The summed E-state index contributed by atoms with van der Waals surface area (Å²) in [7, 11) is 0.523. The monoisotopic (exact) mass is 598 g/mol. The fourth-order valence-electron chi connectivity index (χ4n) is 4.80. The number of likely N-dealkylation sites (N-methyl/N-ethyl adjacent to an activating group) is 1. The number of anilines is 2. The van der Waals surface area contributed by atoms with Crippen molar-refractivity contribution >= 4 is 44.8 Å². The second-order valence-electron chi connectivity index (χ2n) is 10.0. The summed E-state index contributed by atoms with van der Waals surface area (Å²) >= 11 is 6.17. The van der Waals surface area contributed by atoms with Gasteiger partial charge in [-0.1, -0.05) is 49.7 Å². The van der Waals surface area contributed by atoms with E-state index in [1.54, 1.807) is 6.92 Å². The van der Waals surface area contributed by atoms with Gasteiger partial charge in [-0.15, -0.1) is 0 Å². The summed E-state index contributed by atoms with van der Waals surface area (Å²) in [6, 6.07) is 14.8. The van der Waals surface area contributed by atoms with Crippen molar-refractivity contribution in [3.63, 3.8) is 0 Å². The molecule has 1 heterocycles. The van der Waals surface area contributed by atoms with E-state index in [0.717, 1.165) is 16.9 Å². The number of allylic oxidation sites excluding steroid dienone is 1. The highest BCUT2D eigenvalue weighted by molar-refractivity contribution is 7.92. The fourth-order valence-corrected chi connectivity index (χ4v) is 6.13. The van der Waals surface area contributed by atoms with Crippen molar-refractivity contribution in [3.8, 4) is 11.5 Å². The topological polar surface area (TPSA) is 111 Å². The summed E-state index contributed by atoms with van der Waals surface area (Å²) < 4.78 is 44.6. The second-order valence-corrected chi connectivity index (χ2v) is 12.1. The number of sulfonamides is 1. The van der Waals surface area contributed by atoms with Crippen LogP contribution in [0.2, 0.25) is 5.02 Å². The van der Waals surface area contributed by atoms with Crippen LogP contribution in [0.4, 0.5) is 11.4 Å². The van der Waals surface area contributed by atoms with E-state index < -0.39 is 33.8 Å². The average molecular weight is 599 g/mol. The quantitative estimate of drug-likeness (QED) is 0.254. The lowest BCUT2D eigenvalue weighted by molar-refractivity contribution is -0.117. The van der Waals surface area contributed by atoms with E-state index >= 15 is 0 Å². The van der Waals surface area contributed by atoms with Crippen molar-refractivity contribution in [1.82, 2.24) is 0 Å². The molecule has 0 bridgehead atoms. The molecule has 1 aliphatic rings. The van der Waals surface area contributed by atoms with Gasteiger partial charge >= 0.3 is 5.97 Å². The Morgan fingerprint density at radius 3 is 2.37 bits per heavy atom. The predicted octanol–water partition coefficient (Wildman–Crippen LogP) is 5.50. The van der Waals surface area contributed by atoms with E-state index in [2.05, 4.69) is 4.72 Å². The molecule has 11 heteroatoms. The zero-order chi connectivity index (χ0) is 30.1. The van der Waals surface area contributed by atoms with Gasteiger partial charge in [-0.25, -0.2) is 13.2 Å². The zero-order valence-corrected chi connectivity index (χ0v) is 25.1. The number of ketones is 1. The lowest BCUT2D eigenvalue weighted by Crippen LogP contribution is -2.25. The molecule has 9 nitrogen and oxygen atoms in total. The van der Waals surface area contributed by atoms with E-state index in [1.807, 2.05) is 50.1 Å². The molecule has 1 N–H and O–H groups in total. The largest absolute Gasteiger partial charge is 0.495 e. The Bertz CT molecular complexity index is 1670. The first kappa shape index (κ1) is 30.0. The van der Waals surface area contributed by atoms with E-state index in [0.29, 0.717) is 11.3 Å². The highest BCUT2D eigenvalue weighted by Crippen LogP contribution is 2.46. The van der Waals surface area contributed by atoms with E-state index in [4.69, 9.17) is 25.8 Å². The molecule has 3 aromatic rings. The zero-order valence-electron chi connectivity index (χ0n) is 23.6. The molecular formula is C30H31ClN2O7S. The molecule has 0 unspecified atom stereocenters. The summed E-state index contributed by atoms with van der Waals surface area (Å²) in [4.78, 5) is 27.6. The minimum absolute atomic E-state index is 0.0128. The first-order valence-corrected chi connectivity index (χ1v) is 14.5. The molecule has 41 heavy (non-hydrogen) atoms. The van der Waals surface area contributed by atoms with Gasteiger partial charge in [-0.2, -0.15) is 0 Å². The van der Waals surface area contributed by atoms with Crippen LogP contribution < -0.4 is 19.1 Å². The van der Waals surface area contributed by atoms with Crippen molar-refractivity contribution < 1.29 is 32.2 Å². The van der Waals surface area contributed by atoms with Gasteiger partial charge in [0, 0.05) is 36.0 Å². The van der Waals surface area contributed by atoms with Crippen molar-refractivity contribution in [2.75, 3.05) is 37.5 Å². The Kier molecular flexibility index (Phi) is 8.37. The molecule has 0 atom stereocenters. The molecule has 4 rings (SSSR count). The van der Waals surface area contributed by atoms with Crippen LogP contribution >= 0.6 is 11.6 Å². The number of nitrogens with zero attached hydrogens (tertiary/aromatic N) is 1. The van der Waals surface area contributed by atoms with Crippen LogP contribution in [0, 0.1) is 6.92 Å². The third-order valence-corrected chi connectivity index (χ3v) is 8.70. The fraction of sp³-hybridized carbons (Fsp3) is 0.267. The smallest absolute Gasteiger partial charge is 0.338 e. The molecule has 0 fully saturated rings. The maximum Gasteiger partial charge on any atom is 0.338 e. The number of halogens is 1. The number of hydrogen-bond donors (Lipinski definition) is 1. The standard InChI is InChI=1S/C30H31ClN2O7S/c1-18-11-12-20(41(36,37)32-24-15-23(31)26(38-5)16-27(24)39-6)14-21(18)29(35)40-17-19(34)13-28-30(2,3)22-9-7-8-10-25(22)33(28)4/h7-16,32H,17H2,1-6H3. The van der Waals surface area contributed by atoms with E-state index in [9.17, 15) is 18.0 Å². The molecule has 0 amide bonds. The number of ether oxygens (including phenoxy) is 3. The van der Waals surface area contributed by atoms with Gasteiger partial charge in [0.25, 0.3) is 10.0 Å². The van der Waals surface area contributed by atoms with Gasteiger partial charge in [0.2, 0.25) is 0 Å². The molecule has 0 radical (unpaired) electrons. The minimum Gasteiger partial charge on any atom is -0.495 e. The maximum absolute atomic E-state index is 13.2. The van der Waals surface area contributed by atoms with Gasteiger partial charge in [0.15, 0.2) is 12.4 Å². The molecule has 0 aliphatic carbocycles. The highest BCUT2D eigenvalue weighted by Gasteiger charge is 2.38. The lowest BCUT2D eigenvalue weighted by atomic mass is 9.83. The number of nitrogens with one attached hydrogen (secondary N) is 1. The Labute approximate surface area is 244 Å². The summed E-state index contributed by atoms with van der Waals surface area (Å²) in [6.45, 7) is 5.20. The minimum atomic E-state index is -4.17. The van der Waals surface area contributed by atoms with Crippen LogP contribution in [0.15, 0.2) is 71.3 Å². The average Bonchev–Trinajstić information content (AvgIpc) is 3.12. The van der Waals surface area contributed by atoms with Gasteiger partial charge in [-0.05, 0) is 42.3 Å². The lowest BCUT2D eigenvalue weighted by Gasteiger charge is -2.23. The number of fused-ring (bicyclic) bond motifs is 1. The first-order valence-electron chi connectivity index (χ1n) is 12.6. The van der Waals surface area contributed by atoms with Gasteiger partial charge in [0.1, 0.15) is 11.5 Å². The van der Waals surface area contributed by atoms with E-state index in [1.165, 1.54) is 50.6 Å². The van der Waals surface area contributed by atoms with Crippen molar-refractivity contribution in [2.24, 2.45) is 0 Å². The number of hydrogen-bond acceptors (Lipinski definition) is 8. The molecule has 0 saturated heterocycles. The van der Waals surface area contributed by atoms with Gasteiger partial charge in [0.05, 0.1) is 35.4 Å². The summed E-state index contributed by atoms with van der Waals surface area (Å²) in [6.07, 6.45) is 1.48. The molecule has 216 valence electrons. The molecular weight excluding hydrogens is 568 g/mol. The van der Waals surface area contributed by atoms with Gasteiger partial charge < -0.3 is 19.1 Å². The molecule has 0 spiro atoms. The molecule has 3 aromatic carbocycles. The number of benzene rings is 3. The number of carbonyl (C=O) groups is 2. The SMILES string of the molecule is COc1cc(OC)c(NS(=O)(=O)c2ccc(C)c(C(=O)OCC(=O)C=C3N(C)c4ccccc4C3(C)C)c2)cc1Cl. The first-order chi connectivity index (χ1) is 19.3. The maximum atomic E-state index is 13.2. The van der Waals surface area contributed by atoms with Crippen LogP contribution in [0.5, 0.6) is 11.5 Å². The van der Waals surface area contributed by atoms with Crippen molar-refractivity contribution in [3.05, 3.63) is 88.1 Å². The number of carbonyl (C=O) groups excluding carboxylic acids is 2. The number of esters is 1. The third-order valence-electron chi connectivity index (χ3n) is 7.04. The Morgan fingerprint density at radius 2 is 1.71 bits per heavy atom. The van der Waals surface area contributed by atoms with Crippen LogP contribution in [0.1, 0.15) is 35.3 Å². The normalized spacial score (nSPS) is 14.9. The summed E-state index contributed by atoms with van der Waals surface area (Å²) in [5.41, 5.74) is 3.05. The molecule has 0 saturated carbocycles. The number of methoxy groups -OCH3 is 2. The predicted molar refractivity (Wildman–Crippen MR) is 158 cm³/mol. The molecule has 0 aromatic heterocycles. The number of para-hydroxylation sites is 1.